The molecule has 0 atom stereocenters. The van der Waals surface area contributed by atoms with E-state index in [4.69, 9.17) is 5.11 Å². The van der Waals surface area contributed by atoms with Crippen molar-refractivity contribution in [2.24, 2.45) is 5.41 Å². The minimum Gasteiger partial charge on any atom is -0.396 e. The lowest BCUT2D eigenvalue weighted by atomic mass is 9.90. The van der Waals surface area contributed by atoms with Crippen LogP contribution in [0.1, 0.15) is 30.8 Å². The zero-order valence-electron chi connectivity index (χ0n) is 8.99. The maximum absolute atomic E-state index is 11.5. The summed E-state index contributed by atoms with van der Waals surface area (Å²) in [5.41, 5.74) is 2.01. The lowest BCUT2D eigenvalue weighted by molar-refractivity contribution is 0.0924. The Bertz CT molecular complexity index is 309. The van der Waals surface area contributed by atoms with E-state index in [-0.39, 0.29) is 17.9 Å². The smallest absolute Gasteiger partial charge is 0.270 e. The molecule has 4 nitrogen and oxygen atoms in total. The van der Waals surface area contributed by atoms with Gasteiger partial charge in [-0.1, -0.05) is 13.8 Å². The van der Waals surface area contributed by atoms with E-state index in [0.29, 0.717) is 18.7 Å². The van der Waals surface area contributed by atoms with Gasteiger partial charge in [0.25, 0.3) is 5.91 Å². The fourth-order valence-electron chi connectivity index (χ4n) is 1.13. The molecule has 15 heavy (non-hydrogen) atoms. The van der Waals surface area contributed by atoms with Gasteiger partial charge in [0.2, 0.25) is 0 Å². The highest BCUT2D eigenvalue weighted by Gasteiger charge is 2.18. The van der Waals surface area contributed by atoms with Gasteiger partial charge in [-0.3, -0.25) is 4.79 Å². The normalized spacial score (nSPS) is 11.4. The third-order valence-corrected chi connectivity index (χ3v) is 2.77. The number of thiazole rings is 1. The van der Waals surface area contributed by atoms with Crippen LogP contribution in [-0.2, 0) is 0 Å². The molecule has 0 fully saturated rings. The lowest BCUT2D eigenvalue weighted by Crippen LogP contribution is -2.34. The van der Waals surface area contributed by atoms with Crippen LogP contribution in [0.3, 0.4) is 0 Å². The Morgan fingerprint density at radius 3 is 2.93 bits per heavy atom. The number of aromatic nitrogens is 1. The topological polar surface area (TPSA) is 62.2 Å². The van der Waals surface area contributed by atoms with Crippen molar-refractivity contribution in [1.29, 1.82) is 0 Å². The van der Waals surface area contributed by atoms with Crippen LogP contribution >= 0.6 is 11.3 Å². The second kappa shape index (κ2) is 5.23. The van der Waals surface area contributed by atoms with Crippen molar-refractivity contribution in [3.05, 3.63) is 16.6 Å². The van der Waals surface area contributed by atoms with Crippen LogP contribution in [0, 0.1) is 5.41 Å². The van der Waals surface area contributed by atoms with Crippen LogP contribution < -0.4 is 5.32 Å². The van der Waals surface area contributed by atoms with Crippen molar-refractivity contribution in [2.75, 3.05) is 13.2 Å². The Kier molecular flexibility index (Phi) is 4.23. The highest BCUT2D eigenvalue weighted by molar-refractivity contribution is 7.07. The summed E-state index contributed by atoms with van der Waals surface area (Å²) in [6.07, 6.45) is 0.671. The fraction of sp³-hybridized carbons (Fsp3) is 0.600. The summed E-state index contributed by atoms with van der Waals surface area (Å²) in [7, 11) is 0. The quantitative estimate of drug-likeness (QED) is 0.798. The lowest BCUT2D eigenvalue weighted by Gasteiger charge is -2.23. The number of rotatable bonds is 5. The Morgan fingerprint density at radius 1 is 1.67 bits per heavy atom. The number of aliphatic hydroxyl groups excluding tert-OH is 1. The monoisotopic (exact) mass is 228 g/mol. The van der Waals surface area contributed by atoms with E-state index in [1.165, 1.54) is 11.3 Å². The zero-order valence-corrected chi connectivity index (χ0v) is 9.80. The SMILES string of the molecule is CC(C)(CCO)CNC(=O)c1cscn1. The van der Waals surface area contributed by atoms with Gasteiger partial charge in [-0.15, -0.1) is 11.3 Å². The van der Waals surface area contributed by atoms with E-state index in [0.717, 1.165) is 0 Å². The molecule has 0 aliphatic rings. The molecule has 1 aromatic rings. The number of carbonyl (C=O) groups is 1. The molecular formula is C10H16N2O2S. The predicted octanol–water partition coefficient (Wildman–Crippen LogP) is 1.28. The molecule has 0 aliphatic carbocycles. The Labute approximate surface area is 93.4 Å². The molecule has 0 bridgehead atoms. The van der Waals surface area contributed by atoms with E-state index in [1.807, 2.05) is 13.8 Å². The molecule has 1 amide bonds. The average Bonchev–Trinajstić information content (AvgIpc) is 2.67. The van der Waals surface area contributed by atoms with Gasteiger partial charge in [-0.05, 0) is 11.8 Å². The molecule has 0 aliphatic heterocycles. The van der Waals surface area contributed by atoms with Crippen LogP contribution in [-0.4, -0.2) is 29.1 Å². The van der Waals surface area contributed by atoms with Gasteiger partial charge in [0, 0.05) is 18.5 Å². The van der Waals surface area contributed by atoms with E-state index < -0.39 is 0 Å². The van der Waals surface area contributed by atoms with Gasteiger partial charge >= 0.3 is 0 Å². The standard InChI is InChI=1S/C10H16N2O2S/c1-10(2,3-4-13)6-11-9(14)8-5-15-7-12-8/h5,7,13H,3-4,6H2,1-2H3,(H,11,14). The minimum atomic E-state index is -0.151. The molecule has 0 unspecified atom stereocenters. The van der Waals surface area contributed by atoms with Crippen molar-refractivity contribution in [3.63, 3.8) is 0 Å². The second-order valence-corrected chi connectivity index (χ2v) is 4.91. The predicted molar refractivity (Wildman–Crippen MR) is 59.9 cm³/mol. The van der Waals surface area contributed by atoms with Crippen molar-refractivity contribution >= 4 is 17.2 Å². The highest BCUT2D eigenvalue weighted by Crippen LogP contribution is 2.18. The van der Waals surface area contributed by atoms with Crippen LogP contribution in [0.5, 0.6) is 0 Å². The first-order valence-electron chi connectivity index (χ1n) is 4.82. The van der Waals surface area contributed by atoms with Gasteiger partial charge in [0.1, 0.15) is 5.69 Å². The molecule has 0 radical (unpaired) electrons. The van der Waals surface area contributed by atoms with E-state index in [1.54, 1.807) is 10.9 Å². The summed E-state index contributed by atoms with van der Waals surface area (Å²) in [6.45, 7) is 4.69. The summed E-state index contributed by atoms with van der Waals surface area (Å²) in [6, 6.07) is 0. The van der Waals surface area contributed by atoms with Crippen molar-refractivity contribution < 1.29 is 9.90 Å². The first kappa shape index (κ1) is 12.1. The summed E-state index contributed by atoms with van der Waals surface area (Å²) in [5, 5.41) is 13.3. The minimum absolute atomic E-state index is 0.0829. The van der Waals surface area contributed by atoms with Gasteiger partial charge < -0.3 is 10.4 Å². The number of hydrogen-bond donors (Lipinski definition) is 2. The Hall–Kier alpha value is -0.940. The summed E-state index contributed by atoms with van der Waals surface area (Å²) >= 11 is 1.40. The third kappa shape index (κ3) is 3.97. The maximum atomic E-state index is 11.5. The molecule has 0 saturated carbocycles. The van der Waals surface area contributed by atoms with Crippen LogP contribution in [0.2, 0.25) is 0 Å². The largest absolute Gasteiger partial charge is 0.396 e. The molecule has 0 aromatic carbocycles. The molecule has 0 spiro atoms. The van der Waals surface area contributed by atoms with Gasteiger partial charge in [-0.25, -0.2) is 4.98 Å². The van der Waals surface area contributed by atoms with Gasteiger partial charge in [0.05, 0.1) is 5.51 Å². The van der Waals surface area contributed by atoms with Crippen LogP contribution in [0.15, 0.2) is 10.9 Å². The van der Waals surface area contributed by atoms with Crippen molar-refractivity contribution in [3.8, 4) is 0 Å². The summed E-state index contributed by atoms with van der Waals surface area (Å²) in [4.78, 5) is 15.4. The maximum Gasteiger partial charge on any atom is 0.270 e. The molecule has 0 saturated heterocycles. The summed E-state index contributed by atoms with van der Waals surface area (Å²) in [5.74, 6) is -0.151. The first-order valence-corrected chi connectivity index (χ1v) is 5.77. The van der Waals surface area contributed by atoms with E-state index >= 15 is 0 Å². The van der Waals surface area contributed by atoms with Crippen LogP contribution in [0.25, 0.3) is 0 Å². The average molecular weight is 228 g/mol. The van der Waals surface area contributed by atoms with Gasteiger partial charge in [0.15, 0.2) is 0 Å². The van der Waals surface area contributed by atoms with Gasteiger partial charge in [-0.2, -0.15) is 0 Å². The summed E-state index contributed by atoms with van der Waals surface area (Å²) < 4.78 is 0. The highest BCUT2D eigenvalue weighted by atomic mass is 32.1. The number of amides is 1. The molecule has 1 aromatic heterocycles. The first-order chi connectivity index (χ1) is 7.05. The molecule has 5 heteroatoms. The number of aliphatic hydroxyl groups is 1. The Balaban J connectivity index is 2.40. The fourth-order valence-corrected chi connectivity index (χ4v) is 1.66. The molecule has 2 N–H and O–H groups in total. The second-order valence-electron chi connectivity index (χ2n) is 4.19. The zero-order chi connectivity index (χ0) is 11.3. The van der Waals surface area contributed by atoms with E-state index in [9.17, 15) is 4.79 Å². The number of hydrogen-bond acceptors (Lipinski definition) is 4. The molecule has 84 valence electrons. The van der Waals surface area contributed by atoms with Crippen molar-refractivity contribution in [2.45, 2.75) is 20.3 Å². The molecule has 1 rings (SSSR count). The molecular weight excluding hydrogens is 212 g/mol. The Morgan fingerprint density at radius 2 is 2.40 bits per heavy atom. The van der Waals surface area contributed by atoms with E-state index in [2.05, 4.69) is 10.3 Å². The van der Waals surface area contributed by atoms with Crippen LogP contribution in [0.4, 0.5) is 0 Å². The number of nitrogens with zero attached hydrogens (tertiary/aromatic N) is 1. The number of nitrogens with one attached hydrogen (secondary N) is 1. The number of carbonyl (C=O) groups excluding carboxylic acids is 1. The third-order valence-electron chi connectivity index (χ3n) is 2.18. The molecule has 1 heterocycles. The van der Waals surface area contributed by atoms with Crippen molar-refractivity contribution in [1.82, 2.24) is 10.3 Å².